The molecule has 30 heavy (non-hydrogen) atoms. The first-order valence-electron chi connectivity index (χ1n) is 9.30. The van der Waals surface area contributed by atoms with Crippen molar-refractivity contribution in [2.45, 2.75) is 10.6 Å². The molecular formula is C23H20N2O4S. The van der Waals surface area contributed by atoms with E-state index >= 15 is 0 Å². The van der Waals surface area contributed by atoms with Crippen molar-refractivity contribution in [3.8, 4) is 11.1 Å². The van der Waals surface area contributed by atoms with Crippen molar-refractivity contribution in [2.75, 3.05) is 0 Å². The second-order valence-electron chi connectivity index (χ2n) is 7.10. The number of benzene rings is 3. The van der Waals surface area contributed by atoms with E-state index in [4.69, 9.17) is 5.21 Å². The summed E-state index contributed by atoms with van der Waals surface area (Å²) in [7, 11) is -1.64. The van der Waals surface area contributed by atoms with Crippen molar-refractivity contribution >= 4 is 26.6 Å². The van der Waals surface area contributed by atoms with Crippen LogP contribution in [0.4, 0.5) is 0 Å². The standard InChI is InChI=1S/C23H20N2O4S/c1-25-14-21(17-5-3-2-4-6-17)20-13-16(7-12-22(20)25)15-30(28,29)19-10-8-18(9-11-19)23(26)24-27/h2-14,27H,15H2,1H3,(H,24,26). The van der Waals surface area contributed by atoms with Gasteiger partial charge in [-0.2, -0.15) is 0 Å². The number of nitrogens with zero attached hydrogens (tertiary/aromatic N) is 1. The number of carbonyl (C=O) groups is 1. The Morgan fingerprint density at radius 3 is 2.37 bits per heavy atom. The molecule has 0 aliphatic rings. The summed E-state index contributed by atoms with van der Waals surface area (Å²) in [6.07, 6.45) is 2.04. The van der Waals surface area contributed by atoms with E-state index in [9.17, 15) is 13.2 Å². The highest BCUT2D eigenvalue weighted by Crippen LogP contribution is 2.31. The van der Waals surface area contributed by atoms with Crippen LogP contribution in [0.3, 0.4) is 0 Å². The number of rotatable bonds is 5. The predicted molar refractivity (Wildman–Crippen MR) is 115 cm³/mol. The van der Waals surface area contributed by atoms with E-state index in [1.165, 1.54) is 29.7 Å². The van der Waals surface area contributed by atoms with Gasteiger partial charge < -0.3 is 4.57 Å². The molecule has 0 fully saturated rings. The molecule has 0 atom stereocenters. The number of amides is 1. The summed E-state index contributed by atoms with van der Waals surface area (Å²) in [5, 5.41) is 9.68. The second-order valence-corrected chi connectivity index (χ2v) is 9.09. The van der Waals surface area contributed by atoms with Gasteiger partial charge in [0.2, 0.25) is 0 Å². The molecule has 0 bridgehead atoms. The van der Waals surface area contributed by atoms with Gasteiger partial charge >= 0.3 is 0 Å². The van der Waals surface area contributed by atoms with Crippen molar-refractivity contribution in [2.24, 2.45) is 7.05 Å². The Kier molecular flexibility index (Phi) is 5.15. The largest absolute Gasteiger partial charge is 0.350 e. The van der Waals surface area contributed by atoms with E-state index in [0.717, 1.165) is 22.0 Å². The van der Waals surface area contributed by atoms with Gasteiger partial charge in [0, 0.05) is 35.3 Å². The number of fused-ring (bicyclic) bond motifs is 1. The van der Waals surface area contributed by atoms with Crippen LogP contribution in [0, 0.1) is 0 Å². The summed E-state index contributed by atoms with van der Waals surface area (Å²) in [6, 6.07) is 21.1. The average molecular weight is 420 g/mol. The number of nitrogens with one attached hydrogen (secondary N) is 1. The molecule has 0 unspecified atom stereocenters. The number of hydrogen-bond acceptors (Lipinski definition) is 4. The number of aryl methyl sites for hydroxylation is 1. The van der Waals surface area contributed by atoms with Gasteiger partial charge in [0.15, 0.2) is 9.84 Å². The Bertz CT molecular complexity index is 1330. The van der Waals surface area contributed by atoms with E-state index in [1.807, 2.05) is 66.3 Å². The first kappa shape index (κ1) is 19.9. The van der Waals surface area contributed by atoms with Gasteiger partial charge in [-0.3, -0.25) is 10.0 Å². The molecule has 4 rings (SSSR count). The molecule has 152 valence electrons. The number of hydrogen-bond donors (Lipinski definition) is 2. The first-order valence-corrected chi connectivity index (χ1v) is 10.9. The smallest absolute Gasteiger partial charge is 0.274 e. The Hall–Kier alpha value is -3.42. The fraction of sp³-hybridized carbons (Fsp3) is 0.0870. The van der Waals surface area contributed by atoms with Crippen LogP contribution >= 0.6 is 0 Å². The fourth-order valence-electron chi connectivity index (χ4n) is 3.56. The molecular weight excluding hydrogens is 400 g/mol. The van der Waals surface area contributed by atoms with Crippen molar-refractivity contribution in [3.05, 3.63) is 90.1 Å². The van der Waals surface area contributed by atoms with Gasteiger partial charge in [-0.1, -0.05) is 36.4 Å². The summed E-state index contributed by atoms with van der Waals surface area (Å²) in [4.78, 5) is 11.5. The molecule has 1 aromatic heterocycles. The van der Waals surface area contributed by atoms with Gasteiger partial charge in [-0.25, -0.2) is 13.9 Å². The van der Waals surface area contributed by atoms with Crippen molar-refractivity contribution < 1.29 is 18.4 Å². The molecule has 0 aliphatic carbocycles. The molecule has 1 heterocycles. The van der Waals surface area contributed by atoms with Crippen LogP contribution in [0.2, 0.25) is 0 Å². The van der Waals surface area contributed by atoms with E-state index < -0.39 is 15.7 Å². The zero-order chi connectivity index (χ0) is 21.3. The number of carbonyl (C=O) groups excluding carboxylic acids is 1. The molecule has 2 N–H and O–H groups in total. The van der Waals surface area contributed by atoms with Crippen LogP contribution in [0.1, 0.15) is 15.9 Å². The van der Waals surface area contributed by atoms with Crippen LogP contribution in [0.5, 0.6) is 0 Å². The Morgan fingerprint density at radius 1 is 1.00 bits per heavy atom. The summed E-state index contributed by atoms with van der Waals surface area (Å²) in [5.74, 6) is -0.848. The molecule has 1 amide bonds. The lowest BCUT2D eigenvalue weighted by molar-refractivity contribution is 0.0706. The maximum Gasteiger partial charge on any atom is 0.274 e. The van der Waals surface area contributed by atoms with Crippen LogP contribution in [0.25, 0.3) is 22.0 Å². The lowest BCUT2D eigenvalue weighted by atomic mass is 10.0. The Labute approximate surface area is 174 Å². The number of hydroxylamine groups is 1. The van der Waals surface area contributed by atoms with E-state index in [2.05, 4.69) is 0 Å². The molecule has 7 heteroatoms. The molecule has 4 aromatic rings. The van der Waals surface area contributed by atoms with Crippen LogP contribution in [-0.2, 0) is 22.6 Å². The fourth-order valence-corrected chi connectivity index (χ4v) is 4.89. The van der Waals surface area contributed by atoms with Crippen molar-refractivity contribution in [1.82, 2.24) is 10.0 Å². The lowest BCUT2D eigenvalue weighted by Gasteiger charge is -2.07. The third-order valence-corrected chi connectivity index (χ3v) is 6.78. The van der Waals surface area contributed by atoms with Crippen molar-refractivity contribution in [3.63, 3.8) is 0 Å². The third-order valence-electron chi connectivity index (χ3n) is 5.07. The summed E-state index contributed by atoms with van der Waals surface area (Å²) in [5.41, 5.74) is 5.53. The van der Waals surface area contributed by atoms with Gasteiger partial charge in [-0.05, 0) is 47.5 Å². The maximum atomic E-state index is 12.9. The van der Waals surface area contributed by atoms with Gasteiger partial charge in [0.05, 0.1) is 10.6 Å². The van der Waals surface area contributed by atoms with Gasteiger partial charge in [0.25, 0.3) is 5.91 Å². The number of aromatic nitrogens is 1. The number of sulfone groups is 1. The highest BCUT2D eigenvalue weighted by molar-refractivity contribution is 7.90. The monoisotopic (exact) mass is 420 g/mol. The van der Waals surface area contributed by atoms with Crippen LogP contribution in [-0.4, -0.2) is 24.1 Å². The summed E-state index contributed by atoms with van der Waals surface area (Å²) in [6.45, 7) is 0. The van der Waals surface area contributed by atoms with Crippen molar-refractivity contribution in [1.29, 1.82) is 0 Å². The highest BCUT2D eigenvalue weighted by atomic mass is 32.2. The normalized spacial score (nSPS) is 11.5. The molecule has 0 spiro atoms. The zero-order valence-electron chi connectivity index (χ0n) is 16.2. The van der Waals surface area contributed by atoms with Crippen LogP contribution < -0.4 is 5.48 Å². The quantitative estimate of drug-likeness (QED) is 0.378. The molecule has 3 aromatic carbocycles. The minimum atomic E-state index is -3.60. The SMILES string of the molecule is Cn1cc(-c2ccccc2)c2cc(CS(=O)(=O)c3ccc(C(=O)NO)cc3)ccc21. The lowest BCUT2D eigenvalue weighted by Crippen LogP contribution is -2.18. The zero-order valence-corrected chi connectivity index (χ0v) is 17.1. The molecule has 6 nitrogen and oxygen atoms in total. The Balaban J connectivity index is 1.69. The molecule has 0 aliphatic heterocycles. The van der Waals surface area contributed by atoms with Gasteiger partial charge in [-0.15, -0.1) is 0 Å². The average Bonchev–Trinajstić information content (AvgIpc) is 3.09. The predicted octanol–water partition coefficient (Wildman–Crippen LogP) is 3.94. The van der Waals surface area contributed by atoms with E-state index in [1.54, 1.807) is 0 Å². The van der Waals surface area contributed by atoms with Gasteiger partial charge in [0.1, 0.15) is 0 Å². The molecule has 0 saturated heterocycles. The summed E-state index contributed by atoms with van der Waals surface area (Å²) < 4.78 is 27.8. The second kappa shape index (κ2) is 7.78. The first-order chi connectivity index (χ1) is 14.4. The minimum Gasteiger partial charge on any atom is -0.350 e. The minimum absolute atomic E-state index is 0.119. The van der Waals surface area contributed by atoms with Crippen LogP contribution in [0.15, 0.2) is 83.9 Å². The van der Waals surface area contributed by atoms with E-state index in [-0.39, 0.29) is 16.2 Å². The third kappa shape index (κ3) is 3.72. The topological polar surface area (TPSA) is 88.4 Å². The Morgan fingerprint density at radius 2 is 1.70 bits per heavy atom. The summed E-state index contributed by atoms with van der Waals surface area (Å²) >= 11 is 0. The highest BCUT2D eigenvalue weighted by Gasteiger charge is 2.18. The maximum absolute atomic E-state index is 12.9. The van der Waals surface area contributed by atoms with E-state index in [0.29, 0.717) is 5.56 Å². The molecule has 0 radical (unpaired) electrons. The molecule has 0 saturated carbocycles.